The fourth-order valence-electron chi connectivity index (χ4n) is 2.83. The summed E-state index contributed by atoms with van der Waals surface area (Å²) in [4.78, 5) is 4.27. The van der Waals surface area contributed by atoms with Crippen molar-refractivity contribution in [1.82, 2.24) is 14.8 Å². The number of fused-ring (bicyclic) bond motifs is 1. The second kappa shape index (κ2) is 5.34. The molecule has 1 aliphatic heterocycles. The molecule has 0 aliphatic carbocycles. The molecule has 0 amide bonds. The van der Waals surface area contributed by atoms with E-state index < -0.39 is 0 Å². The topological polar surface area (TPSA) is 55.9 Å². The molecule has 0 spiro atoms. The zero-order chi connectivity index (χ0) is 15.1. The minimum absolute atomic E-state index is 0.0107. The van der Waals surface area contributed by atoms with Gasteiger partial charge in [0, 0.05) is 16.5 Å². The normalized spacial score (nSPS) is 20.5. The zero-order valence-electron chi connectivity index (χ0n) is 11.4. The predicted molar refractivity (Wildman–Crippen MR) is 84.3 cm³/mol. The average molecular weight is 335 g/mol. The lowest BCUT2D eigenvalue weighted by atomic mass is 9.96. The molecule has 0 fully saturated rings. The molecule has 2 atom stereocenters. The Labute approximate surface area is 136 Å². The third-order valence-corrected chi connectivity index (χ3v) is 4.40. The standard InChI is InChI=1S/C15H12Cl2N4O/c16-9-3-4-10(11(17)6-9)12-7-13(14-2-1-5-22-14)21-15(20-12)18-8-19-21/h1-6,8,12-13H,7H2,(H,18,19,20). The van der Waals surface area contributed by atoms with E-state index in [9.17, 15) is 0 Å². The number of halogens is 2. The Hall–Kier alpha value is -1.98. The summed E-state index contributed by atoms with van der Waals surface area (Å²) in [5, 5.41) is 8.91. The maximum absolute atomic E-state index is 6.35. The second-order valence-electron chi connectivity index (χ2n) is 5.16. The van der Waals surface area contributed by atoms with Crippen molar-refractivity contribution < 1.29 is 4.42 Å². The molecule has 0 radical (unpaired) electrons. The lowest BCUT2D eigenvalue weighted by Gasteiger charge is -2.30. The van der Waals surface area contributed by atoms with Gasteiger partial charge in [-0.25, -0.2) is 4.68 Å². The SMILES string of the molecule is Clc1ccc(C2CC(c3ccco3)n3ncnc3N2)c(Cl)c1. The van der Waals surface area contributed by atoms with Gasteiger partial charge in [0.2, 0.25) is 5.95 Å². The molecule has 1 N–H and O–H groups in total. The number of hydrogen-bond donors (Lipinski definition) is 1. The molecule has 1 aliphatic rings. The molecule has 0 saturated heterocycles. The van der Waals surface area contributed by atoms with E-state index >= 15 is 0 Å². The van der Waals surface area contributed by atoms with Gasteiger partial charge in [-0.15, -0.1) is 0 Å². The summed E-state index contributed by atoms with van der Waals surface area (Å²) < 4.78 is 7.39. The molecular weight excluding hydrogens is 323 g/mol. The summed E-state index contributed by atoms with van der Waals surface area (Å²) in [6.45, 7) is 0. The van der Waals surface area contributed by atoms with Gasteiger partial charge in [-0.3, -0.25) is 0 Å². The monoisotopic (exact) mass is 334 g/mol. The summed E-state index contributed by atoms with van der Waals surface area (Å²) in [7, 11) is 0. The van der Waals surface area contributed by atoms with Gasteiger partial charge in [0.05, 0.1) is 12.3 Å². The van der Waals surface area contributed by atoms with Crippen LogP contribution in [0.15, 0.2) is 47.3 Å². The van der Waals surface area contributed by atoms with Crippen molar-refractivity contribution in [3.05, 3.63) is 64.3 Å². The van der Waals surface area contributed by atoms with Crippen LogP contribution in [0.5, 0.6) is 0 Å². The molecular formula is C15H12Cl2N4O. The molecule has 3 heterocycles. The van der Waals surface area contributed by atoms with Crippen LogP contribution < -0.4 is 5.32 Å². The van der Waals surface area contributed by atoms with Gasteiger partial charge in [0.15, 0.2) is 0 Å². The van der Waals surface area contributed by atoms with Gasteiger partial charge in [0.25, 0.3) is 0 Å². The van der Waals surface area contributed by atoms with E-state index in [2.05, 4.69) is 15.4 Å². The highest BCUT2D eigenvalue weighted by Gasteiger charge is 2.32. The predicted octanol–water partition coefficient (Wildman–Crippen LogP) is 4.32. The minimum atomic E-state index is -0.0227. The number of benzene rings is 1. The van der Waals surface area contributed by atoms with Crippen LogP contribution in [0.25, 0.3) is 0 Å². The first-order chi connectivity index (χ1) is 10.7. The van der Waals surface area contributed by atoms with Crippen molar-refractivity contribution in [2.24, 2.45) is 0 Å². The second-order valence-corrected chi connectivity index (χ2v) is 6.00. The number of aromatic nitrogens is 3. The molecule has 7 heteroatoms. The average Bonchev–Trinajstić information content (AvgIpc) is 3.17. The first-order valence-electron chi connectivity index (χ1n) is 6.87. The van der Waals surface area contributed by atoms with E-state index in [1.54, 1.807) is 12.3 Å². The minimum Gasteiger partial charge on any atom is -0.467 e. The number of anilines is 1. The fraction of sp³-hybridized carbons (Fsp3) is 0.200. The van der Waals surface area contributed by atoms with Crippen molar-refractivity contribution >= 4 is 29.2 Å². The Morgan fingerprint density at radius 3 is 2.95 bits per heavy atom. The van der Waals surface area contributed by atoms with Crippen LogP contribution >= 0.6 is 23.2 Å². The van der Waals surface area contributed by atoms with Crippen LogP contribution in [0.4, 0.5) is 5.95 Å². The molecule has 0 saturated carbocycles. The highest BCUT2D eigenvalue weighted by Crippen LogP contribution is 2.39. The third kappa shape index (κ3) is 2.26. The lowest BCUT2D eigenvalue weighted by molar-refractivity contribution is 0.358. The third-order valence-electron chi connectivity index (χ3n) is 3.84. The molecule has 2 aromatic heterocycles. The summed E-state index contributed by atoms with van der Waals surface area (Å²) in [5.41, 5.74) is 0.983. The van der Waals surface area contributed by atoms with Crippen molar-refractivity contribution in [2.75, 3.05) is 5.32 Å². The van der Waals surface area contributed by atoms with Crippen molar-refractivity contribution in [3.8, 4) is 0 Å². The van der Waals surface area contributed by atoms with Crippen LogP contribution in [0, 0.1) is 0 Å². The molecule has 3 aromatic rings. The molecule has 1 aromatic carbocycles. The van der Waals surface area contributed by atoms with Gasteiger partial charge >= 0.3 is 0 Å². The quantitative estimate of drug-likeness (QED) is 0.758. The number of furan rings is 1. The molecule has 4 rings (SSSR count). The Bertz CT molecular complexity index is 800. The zero-order valence-corrected chi connectivity index (χ0v) is 12.9. The Morgan fingerprint density at radius 1 is 1.27 bits per heavy atom. The number of nitrogens with zero attached hydrogens (tertiary/aromatic N) is 3. The summed E-state index contributed by atoms with van der Waals surface area (Å²) in [5.74, 6) is 1.55. The van der Waals surface area contributed by atoms with Crippen LogP contribution in [-0.2, 0) is 0 Å². The summed E-state index contributed by atoms with van der Waals surface area (Å²) >= 11 is 12.3. The smallest absolute Gasteiger partial charge is 0.222 e. The Morgan fingerprint density at radius 2 is 2.18 bits per heavy atom. The molecule has 112 valence electrons. The highest BCUT2D eigenvalue weighted by molar-refractivity contribution is 6.35. The van der Waals surface area contributed by atoms with Crippen LogP contribution in [0.1, 0.15) is 29.8 Å². The van der Waals surface area contributed by atoms with E-state index in [1.165, 1.54) is 6.33 Å². The summed E-state index contributed by atoms with van der Waals surface area (Å²) in [6, 6.07) is 9.34. The Balaban J connectivity index is 1.75. The van der Waals surface area contributed by atoms with Gasteiger partial charge in [-0.1, -0.05) is 29.3 Å². The number of rotatable bonds is 2. The van der Waals surface area contributed by atoms with E-state index in [-0.39, 0.29) is 12.1 Å². The van der Waals surface area contributed by atoms with Crippen molar-refractivity contribution in [1.29, 1.82) is 0 Å². The van der Waals surface area contributed by atoms with Gasteiger partial charge < -0.3 is 9.73 Å². The van der Waals surface area contributed by atoms with Crippen molar-refractivity contribution in [3.63, 3.8) is 0 Å². The van der Waals surface area contributed by atoms with E-state index in [0.29, 0.717) is 16.0 Å². The summed E-state index contributed by atoms with van der Waals surface area (Å²) in [6.07, 6.45) is 3.95. The van der Waals surface area contributed by atoms with E-state index in [1.807, 2.05) is 28.9 Å². The van der Waals surface area contributed by atoms with Gasteiger partial charge in [-0.2, -0.15) is 10.1 Å². The van der Waals surface area contributed by atoms with Crippen molar-refractivity contribution in [2.45, 2.75) is 18.5 Å². The molecule has 2 unspecified atom stereocenters. The first kappa shape index (κ1) is 13.7. The molecule has 0 bridgehead atoms. The lowest BCUT2D eigenvalue weighted by Crippen LogP contribution is -2.28. The Kier molecular flexibility index (Phi) is 3.32. The van der Waals surface area contributed by atoms with E-state index in [0.717, 1.165) is 17.7 Å². The number of hydrogen-bond acceptors (Lipinski definition) is 4. The first-order valence-corrected chi connectivity index (χ1v) is 7.62. The van der Waals surface area contributed by atoms with Gasteiger partial charge in [-0.05, 0) is 29.8 Å². The highest BCUT2D eigenvalue weighted by atomic mass is 35.5. The maximum atomic E-state index is 6.35. The van der Waals surface area contributed by atoms with E-state index in [4.69, 9.17) is 27.6 Å². The van der Waals surface area contributed by atoms with Crippen LogP contribution in [-0.4, -0.2) is 14.8 Å². The van der Waals surface area contributed by atoms with Crippen LogP contribution in [0.2, 0.25) is 10.0 Å². The largest absolute Gasteiger partial charge is 0.467 e. The van der Waals surface area contributed by atoms with Gasteiger partial charge in [0.1, 0.15) is 18.1 Å². The number of nitrogens with one attached hydrogen (secondary N) is 1. The molecule has 22 heavy (non-hydrogen) atoms. The fourth-order valence-corrected chi connectivity index (χ4v) is 3.37. The maximum Gasteiger partial charge on any atom is 0.222 e. The molecule has 5 nitrogen and oxygen atoms in total. The van der Waals surface area contributed by atoms with Crippen LogP contribution in [0.3, 0.4) is 0 Å².